The van der Waals surface area contributed by atoms with Gasteiger partial charge in [0.25, 0.3) is 5.91 Å². The first-order chi connectivity index (χ1) is 16.6. The number of morpholine rings is 1. The van der Waals surface area contributed by atoms with Crippen LogP contribution in [0.25, 0.3) is 22.3 Å². The third kappa shape index (κ3) is 4.13. The Bertz CT molecular complexity index is 1180. The molecule has 10 heteroatoms. The Hall–Kier alpha value is -3.08. The maximum absolute atomic E-state index is 13.3. The molecule has 0 unspecified atom stereocenters. The monoisotopic (exact) mass is 466 g/mol. The third-order valence-corrected chi connectivity index (χ3v) is 6.51. The molecule has 10 nitrogen and oxygen atoms in total. The molecule has 0 radical (unpaired) electrons. The molecule has 0 N–H and O–H groups in total. The smallest absolute Gasteiger partial charge is 0.277 e. The van der Waals surface area contributed by atoms with E-state index in [0.29, 0.717) is 54.3 Å². The van der Waals surface area contributed by atoms with E-state index < -0.39 is 0 Å². The van der Waals surface area contributed by atoms with Crippen LogP contribution >= 0.6 is 0 Å². The van der Waals surface area contributed by atoms with E-state index in [0.717, 1.165) is 25.0 Å². The van der Waals surface area contributed by atoms with Crippen LogP contribution in [-0.4, -0.2) is 77.3 Å². The first-order valence-corrected chi connectivity index (χ1v) is 11.7. The fourth-order valence-electron chi connectivity index (χ4n) is 4.62. The van der Waals surface area contributed by atoms with Gasteiger partial charge in [-0.25, -0.2) is 14.7 Å². The lowest BCUT2D eigenvalue weighted by Crippen LogP contribution is -2.44. The zero-order valence-electron chi connectivity index (χ0n) is 19.8. The van der Waals surface area contributed by atoms with Crippen LogP contribution in [-0.2, 0) is 14.3 Å². The van der Waals surface area contributed by atoms with E-state index in [2.05, 4.69) is 16.9 Å². The van der Waals surface area contributed by atoms with Gasteiger partial charge in [-0.15, -0.1) is 0 Å². The fraction of sp³-hybridized carbons (Fsp3) is 0.500. The van der Waals surface area contributed by atoms with Gasteiger partial charge in [-0.05, 0) is 44.4 Å². The molecule has 3 aromatic rings. The van der Waals surface area contributed by atoms with Gasteiger partial charge in [0, 0.05) is 38.0 Å². The summed E-state index contributed by atoms with van der Waals surface area (Å²) in [6.45, 7) is 4.71. The highest BCUT2D eigenvalue weighted by Gasteiger charge is 2.27. The number of carbonyl (C=O) groups excluding carboxylic acids is 1. The van der Waals surface area contributed by atoms with Crippen LogP contribution in [0.2, 0.25) is 0 Å². The SMILES string of the molecule is CON(C)C(=O)c1cc(N2CCOC[C@H]2C)nc2c(-c3ccnn3[C@H]3CCCCO3)nccc12. The molecule has 2 fully saturated rings. The molecular formula is C24H30N6O4. The number of pyridine rings is 2. The highest BCUT2D eigenvalue weighted by atomic mass is 16.7. The number of amides is 1. The summed E-state index contributed by atoms with van der Waals surface area (Å²) in [4.78, 5) is 30.4. The average molecular weight is 467 g/mol. The first-order valence-electron chi connectivity index (χ1n) is 11.7. The molecule has 2 atom stereocenters. The van der Waals surface area contributed by atoms with E-state index >= 15 is 0 Å². The number of rotatable bonds is 5. The largest absolute Gasteiger partial charge is 0.377 e. The molecule has 2 aliphatic rings. The van der Waals surface area contributed by atoms with Gasteiger partial charge in [-0.1, -0.05) is 0 Å². The molecule has 3 aromatic heterocycles. The Morgan fingerprint density at radius 3 is 2.88 bits per heavy atom. The van der Waals surface area contributed by atoms with E-state index in [-0.39, 0.29) is 18.2 Å². The van der Waals surface area contributed by atoms with Crippen LogP contribution in [0.1, 0.15) is 42.8 Å². The van der Waals surface area contributed by atoms with Gasteiger partial charge in [0.1, 0.15) is 17.0 Å². The van der Waals surface area contributed by atoms with E-state index in [9.17, 15) is 4.79 Å². The van der Waals surface area contributed by atoms with E-state index in [4.69, 9.17) is 24.3 Å². The number of hydroxylamine groups is 2. The summed E-state index contributed by atoms with van der Waals surface area (Å²) in [5.41, 5.74) is 2.63. The minimum atomic E-state index is -0.252. The molecule has 34 heavy (non-hydrogen) atoms. The van der Waals surface area contributed by atoms with Crippen molar-refractivity contribution < 1.29 is 19.1 Å². The Balaban J connectivity index is 1.69. The van der Waals surface area contributed by atoms with Gasteiger partial charge >= 0.3 is 0 Å². The molecule has 180 valence electrons. The third-order valence-electron chi connectivity index (χ3n) is 6.51. The number of ether oxygens (including phenoxy) is 2. The molecular weight excluding hydrogens is 436 g/mol. The quantitative estimate of drug-likeness (QED) is 0.530. The number of nitrogens with zero attached hydrogens (tertiary/aromatic N) is 6. The number of aromatic nitrogens is 4. The minimum Gasteiger partial charge on any atom is -0.377 e. The Labute approximate surface area is 198 Å². The second-order valence-electron chi connectivity index (χ2n) is 8.67. The maximum atomic E-state index is 13.3. The van der Waals surface area contributed by atoms with Crippen molar-refractivity contribution in [2.24, 2.45) is 0 Å². The topological polar surface area (TPSA) is 94.8 Å². The van der Waals surface area contributed by atoms with Crippen LogP contribution in [0.4, 0.5) is 5.82 Å². The molecule has 0 aliphatic carbocycles. The van der Waals surface area contributed by atoms with Crippen LogP contribution in [0.3, 0.4) is 0 Å². The summed E-state index contributed by atoms with van der Waals surface area (Å²) in [5, 5.41) is 6.48. The van der Waals surface area contributed by atoms with E-state index in [1.807, 2.05) is 22.9 Å². The zero-order valence-corrected chi connectivity index (χ0v) is 19.8. The van der Waals surface area contributed by atoms with E-state index in [1.165, 1.54) is 12.2 Å². The average Bonchev–Trinajstić information content (AvgIpc) is 3.37. The summed E-state index contributed by atoms with van der Waals surface area (Å²) in [6, 6.07) is 5.72. The molecule has 0 saturated carbocycles. The lowest BCUT2D eigenvalue weighted by atomic mass is 10.1. The Morgan fingerprint density at radius 1 is 1.24 bits per heavy atom. The van der Waals surface area contributed by atoms with Gasteiger partial charge in [0.05, 0.1) is 37.6 Å². The summed E-state index contributed by atoms with van der Waals surface area (Å²) in [5.74, 6) is 0.462. The van der Waals surface area contributed by atoms with Crippen molar-refractivity contribution in [3.8, 4) is 11.4 Å². The fourth-order valence-corrected chi connectivity index (χ4v) is 4.62. The van der Waals surface area contributed by atoms with Crippen LogP contribution in [0, 0.1) is 0 Å². The van der Waals surface area contributed by atoms with Crippen LogP contribution < -0.4 is 4.90 Å². The van der Waals surface area contributed by atoms with Gasteiger partial charge in [0.15, 0.2) is 6.23 Å². The molecule has 0 aromatic carbocycles. The second-order valence-corrected chi connectivity index (χ2v) is 8.67. The predicted octanol–water partition coefficient (Wildman–Crippen LogP) is 3.05. The second kappa shape index (κ2) is 9.65. The normalized spacial score (nSPS) is 21.1. The standard InChI is InChI=1S/C24H30N6O4/c1-16-15-33-13-11-29(16)20-14-18(24(31)28(2)32-3)17-7-9-25-23(22(17)27-20)19-8-10-26-30(19)21-6-4-5-12-34-21/h7-10,14,16,21H,4-6,11-13,15H2,1-3H3/t16-,21-/m1/s1. The van der Waals surface area contributed by atoms with Gasteiger partial charge in [-0.3, -0.25) is 14.6 Å². The number of hydrogen-bond donors (Lipinski definition) is 0. The summed E-state index contributed by atoms with van der Waals surface area (Å²) >= 11 is 0. The molecule has 2 saturated heterocycles. The number of fused-ring (bicyclic) bond motifs is 1. The molecule has 0 bridgehead atoms. The van der Waals surface area contributed by atoms with Crippen molar-refractivity contribution in [3.05, 3.63) is 36.2 Å². The Kier molecular flexibility index (Phi) is 6.44. The van der Waals surface area contributed by atoms with Crippen molar-refractivity contribution in [2.75, 3.05) is 45.4 Å². The predicted molar refractivity (Wildman–Crippen MR) is 126 cm³/mol. The van der Waals surface area contributed by atoms with Crippen molar-refractivity contribution in [1.82, 2.24) is 24.8 Å². The van der Waals surface area contributed by atoms with Gasteiger partial charge in [0.2, 0.25) is 0 Å². The molecule has 0 spiro atoms. The number of anilines is 1. The summed E-state index contributed by atoms with van der Waals surface area (Å²) < 4.78 is 13.5. The number of hydrogen-bond acceptors (Lipinski definition) is 8. The summed E-state index contributed by atoms with van der Waals surface area (Å²) in [7, 11) is 3.07. The lowest BCUT2D eigenvalue weighted by molar-refractivity contribution is -0.0755. The van der Waals surface area contributed by atoms with Gasteiger partial charge < -0.3 is 14.4 Å². The van der Waals surface area contributed by atoms with Crippen molar-refractivity contribution in [2.45, 2.75) is 38.5 Å². The highest BCUT2D eigenvalue weighted by Crippen LogP contribution is 2.34. The van der Waals surface area contributed by atoms with Crippen molar-refractivity contribution >= 4 is 22.6 Å². The zero-order chi connectivity index (χ0) is 23.7. The molecule has 2 aliphatic heterocycles. The van der Waals surface area contributed by atoms with Gasteiger partial charge in [-0.2, -0.15) is 5.10 Å². The number of carbonyl (C=O) groups is 1. The van der Waals surface area contributed by atoms with Crippen LogP contribution in [0.15, 0.2) is 30.6 Å². The maximum Gasteiger partial charge on any atom is 0.277 e. The highest BCUT2D eigenvalue weighted by molar-refractivity contribution is 6.08. The summed E-state index contributed by atoms with van der Waals surface area (Å²) in [6.07, 6.45) is 6.36. The van der Waals surface area contributed by atoms with Crippen LogP contribution in [0.5, 0.6) is 0 Å². The molecule has 5 heterocycles. The molecule has 1 amide bonds. The van der Waals surface area contributed by atoms with Crippen molar-refractivity contribution in [3.63, 3.8) is 0 Å². The van der Waals surface area contributed by atoms with Crippen molar-refractivity contribution in [1.29, 1.82) is 0 Å². The first kappa shape index (κ1) is 22.7. The van der Waals surface area contributed by atoms with E-state index in [1.54, 1.807) is 19.4 Å². The lowest BCUT2D eigenvalue weighted by Gasteiger charge is -2.34. The molecule has 5 rings (SSSR count). The Morgan fingerprint density at radius 2 is 2.12 bits per heavy atom. The minimum absolute atomic E-state index is 0.128.